The van der Waals surface area contributed by atoms with Crippen LogP contribution in [0.5, 0.6) is 0 Å². The number of hydrogen-bond donors (Lipinski definition) is 0. The zero-order valence-corrected chi connectivity index (χ0v) is 10.9. The number of halogens is 2. The van der Waals surface area contributed by atoms with Crippen molar-refractivity contribution >= 4 is 17.4 Å². The SMILES string of the molecule is CC1CN(c2nc(Cl)ncc2F)CC(C)N1C. The fraction of sp³-hybridized carbons (Fsp3) is 0.636. The molecule has 0 amide bonds. The molecule has 1 fully saturated rings. The number of aromatic nitrogens is 2. The highest BCUT2D eigenvalue weighted by molar-refractivity contribution is 6.28. The van der Waals surface area contributed by atoms with Gasteiger partial charge in [-0.2, -0.15) is 4.98 Å². The highest BCUT2D eigenvalue weighted by Gasteiger charge is 2.28. The van der Waals surface area contributed by atoms with Gasteiger partial charge in [0.15, 0.2) is 11.6 Å². The summed E-state index contributed by atoms with van der Waals surface area (Å²) in [6.07, 6.45) is 1.12. The summed E-state index contributed by atoms with van der Waals surface area (Å²) in [6.45, 7) is 5.71. The molecule has 0 radical (unpaired) electrons. The maximum atomic E-state index is 13.7. The van der Waals surface area contributed by atoms with Crippen LogP contribution in [0.2, 0.25) is 5.28 Å². The molecular formula is C11H16ClFN4. The van der Waals surface area contributed by atoms with Gasteiger partial charge in [-0.05, 0) is 32.5 Å². The minimum Gasteiger partial charge on any atom is -0.351 e. The molecule has 17 heavy (non-hydrogen) atoms. The molecule has 0 saturated carbocycles. The van der Waals surface area contributed by atoms with Gasteiger partial charge in [-0.1, -0.05) is 0 Å². The Hall–Kier alpha value is -0.940. The number of hydrogen-bond acceptors (Lipinski definition) is 4. The van der Waals surface area contributed by atoms with Crippen molar-refractivity contribution in [2.75, 3.05) is 25.0 Å². The van der Waals surface area contributed by atoms with Crippen molar-refractivity contribution in [2.45, 2.75) is 25.9 Å². The van der Waals surface area contributed by atoms with E-state index >= 15 is 0 Å². The van der Waals surface area contributed by atoms with E-state index in [0.29, 0.717) is 17.9 Å². The van der Waals surface area contributed by atoms with Crippen molar-refractivity contribution in [1.29, 1.82) is 0 Å². The minimum absolute atomic E-state index is 0.0839. The van der Waals surface area contributed by atoms with E-state index in [1.165, 1.54) is 0 Å². The van der Waals surface area contributed by atoms with Gasteiger partial charge in [-0.3, -0.25) is 4.90 Å². The Morgan fingerprint density at radius 2 is 1.94 bits per heavy atom. The zero-order chi connectivity index (χ0) is 12.6. The van der Waals surface area contributed by atoms with E-state index < -0.39 is 5.82 Å². The van der Waals surface area contributed by atoms with Crippen LogP contribution in [0.3, 0.4) is 0 Å². The summed E-state index contributed by atoms with van der Waals surface area (Å²) >= 11 is 5.71. The molecule has 0 aliphatic carbocycles. The van der Waals surface area contributed by atoms with Crippen LogP contribution in [0.4, 0.5) is 10.2 Å². The van der Waals surface area contributed by atoms with Crippen LogP contribution in [0.1, 0.15) is 13.8 Å². The van der Waals surface area contributed by atoms with Crippen molar-refractivity contribution in [3.63, 3.8) is 0 Å². The molecule has 1 aliphatic rings. The first kappa shape index (κ1) is 12.5. The van der Waals surface area contributed by atoms with Crippen molar-refractivity contribution in [3.05, 3.63) is 17.3 Å². The van der Waals surface area contributed by atoms with Gasteiger partial charge in [-0.15, -0.1) is 0 Å². The van der Waals surface area contributed by atoms with Crippen molar-refractivity contribution in [1.82, 2.24) is 14.9 Å². The molecule has 1 aromatic rings. The van der Waals surface area contributed by atoms with Crippen LogP contribution in [0, 0.1) is 5.82 Å². The second-order valence-corrected chi connectivity index (χ2v) is 4.92. The quantitative estimate of drug-likeness (QED) is 0.719. The zero-order valence-electron chi connectivity index (χ0n) is 10.2. The molecular weight excluding hydrogens is 243 g/mol. The topological polar surface area (TPSA) is 32.3 Å². The number of nitrogens with zero attached hydrogens (tertiary/aromatic N) is 4. The first-order valence-corrected chi connectivity index (χ1v) is 6.01. The molecule has 2 rings (SSSR count). The summed E-state index contributed by atoms with van der Waals surface area (Å²) in [5.41, 5.74) is 0. The minimum atomic E-state index is -0.418. The van der Waals surface area contributed by atoms with Gasteiger partial charge in [0, 0.05) is 25.2 Å². The van der Waals surface area contributed by atoms with Gasteiger partial charge in [0.2, 0.25) is 5.28 Å². The molecule has 2 atom stereocenters. The lowest BCUT2D eigenvalue weighted by Crippen LogP contribution is -2.55. The van der Waals surface area contributed by atoms with Crippen molar-refractivity contribution < 1.29 is 4.39 Å². The van der Waals surface area contributed by atoms with Gasteiger partial charge in [0.1, 0.15) is 0 Å². The van der Waals surface area contributed by atoms with E-state index in [1.807, 2.05) is 4.90 Å². The lowest BCUT2D eigenvalue weighted by atomic mass is 10.1. The summed E-state index contributed by atoms with van der Waals surface area (Å²) in [5.74, 6) is -0.116. The molecule has 0 aromatic carbocycles. The Labute approximate surface area is 105 Å². The number of likely N-dealkylation sites (N-methyl/N-ethyl adjacent to an activating group) is 1. The van der Waals surface area contributed by atoms with Gasteiger partial charge >= 0.3 is 0 Å². The Morgan fingerprint density at radius 3 is 2.53 bits per heavy atom. The van der Waals surface area contributed by atoms with E-state index in [-0.39, 0.29) is 5.28 Å². The standard InChI is InChI=1S/C11H16ClFN4/c1-7-5-17(6-8(2)16(7)3)10-9(13)4-14-11(12)15-10/h4,7-8H,5-6H2,1-3H3. The fourth-order valence-electron chi connectivity index (χ4n) is 2.14. The third-order valence-electron chi connectivity index (χ3n) is 3.36. The summed E-state index contributed by atoms with van der Waals surface area (Å²) in [4.78, 5) is 11.8. The Kier molecular flexibility index (Phi) is 3.49. The molecule has 2 heterocycles. The Balaban J connectivity index is 2.25. The van der Waals surface area contributed by atoms with E-state index in [1.54, 1.807) is 0 Å². The molecule has 1 saturated heterocycles. The molecule has 1 aromatic heterocycles. The normalized spacial score (nSPS) is 26.3. The first-order valence-electron chi connectivity index (χ1n) is 5.64. The highest BCUT2D eigenvalue weighted by Crippen LogP contribution is 2.22. The van der Waals surface area contributed by atoms with Crippen LogP contribution in [0.15, 0.2) is 6.20 Å². The van der Waals surface area contributed by atoms with Crippen LogP contribution < -0.4 is 4.90 Å². The Morgan fingerprint density at radius 1 is 1.35 bits per heavy atom. The van der Waals surface area contributed by atoms with Gasteiger partial charge in [0.05, 0.1) is 6.20 Å². The van der Waals surface area contributed by atoms with E-state index in [2.05, 4.69) is 35.8 Å². The third-order valence-corrected chi connectivity index (χ3v) is 3.54. The second-order valence-electron chi connectivity index (χ2n) is 4.58. The molecule has 1 aliphatic heterocycles. The van der Waals surface area contributed by atoms with Gasteiger partial charge < -0.3 is 4.90 Å². The molecule has 94 valence electrons. The number of anilines is 1. The van der Waals surface area contributed by atoms with Gasteiger partial charge in [-0.25, -0.2) is 9.37 Å². The number of piperazine rings is 1. The highest BCUT2D eigenvalue weighted by atomic mass is 35.5. The average molecular weight is 259 g/mol. The largest absolute Gasteiger partial charge is 0.351 e. The van der Waals surface area contributed by atoms with Crippen LogP contribution in [-0.4, -0.2) is 47.1 Å². The molecule has 4 nitrogen and oxygen atoms in total. The summed E-state index contributed by atoms with van der Waals surface area (Å²) < 4.78 is 13.7. The first-order chi connectivity index (χ1) is 7.99. The maximum Gasteiger partial charge on any atom is 0.224 e. The fourth-order valence-corrected chi connectivity index (χ4v) is 2.27. The summed E-state index contributed by atoms with van der Waals surface area (Å²) in [6, 6.07) is 0.707. The van der Waals surface area contributed by atoms with Crippen LogP contribution >= 0.6 is 11.6 Å². The molecule has 0 spiro atoms. The van der Waals surface area contributed by atoms with E-state index in [4.69, 9.17) is 11.6 Å². The maximum absolute atomic E-state index is 13.7. The monoisotopic (exact) mass is 258 g/mol. The molecule has 0 bridgehead atoms. The Bertz CT molecular complexity index is 402. The number of rotatable bonds is 1. The second kappa shape index (κ2) is 4.74. The van der Waals surface area contributed by atoms with Gasteiger partial charge in [0.25, 0.3) is 0 Å². The average Bonchev–Trinajstić information content (AvgIpc) is 2.28. The van der Waals surface area contributed by atoms with E-state index in [9.17, 15) is 4.39 Å². The molecule has 6 heteroatoms. The molecule has 0 N–H and O–H groups in total. The smallest absolute Gasteiger partial charge is 0.224 e. The summed E-state index contributed by atoms with van der Waals surface area (Å²) in [5, 5.41) is 0.0839. The van der Waals surface area contributed by atoms with Crippen molar-refractivity contribution in [3.8, 4) is 0 Å². The predicted molar refractivity (Wildman–Crippen MR) is 65.9 cm³/mol. The van der Waals surface area contributed by atoms with Crippen LogP contribution in [-0.2, 0) is 0 Å². The lowest BCUT2D eigenvalue weighted by Gasteiger charge is -2.42. The summed E-state index contributed by atoms with van der Waals surface area (Å²) in [7, 11) is 2.08. The third kappa shape index (κ3) is 2.50. The lowest BCUT2D eigenvalue weighted by molar-refractivity contribution is 0.169. The van der Waals surface area contributed by atoms with Crippen molar-refractivity contribution in [2.24, 2.45) is 0 Å². The van der Waals surface area contributed by atoms with E-state index in [0.717, 1.165) is 19.3 Å². The molecule has 2 unspecified atom stereocenters. The predicted octanol–water partition coefficient (Wildman–Crippen LogP) is 1.80. The van der Waals surface area contributed by atoms with Crippen LogP contribution in [0.25, 0.3) is 0 Å².